The number of halogens is 1. The first-order chi connectivity index (χ1) is 9.38. The number of carbonyl (C=O) groups excluding carboxylic acids is 1. The third-order valence-electron chi connectivity index (χ3n) is 3.55. The van der Waals surface area contributed by atoms with Crippen molar-refractivity contribution in [3.8, 4) is 0 Å². The van der Waals surface area contributed by atoms with Crippen molar-refractivity contribution in [2.24, 2.45) is 5.92 Å². The zero-order chi connectivity index (χ0) is 15.3. The van der Waals surface area contributed by atoms with Gasteiger partial charge in [0, 0.05) is 24.3 Å². The van der Waals surface area contributed by atoms with Gasteiger partial charge in [0.2, 0.25) is 0 Å². The Labute approximate surface area is 127 Å². The molecule has 1 heterocycles. The Balaban J connectivity index is 3.00. The second kappa shape index (κ2) is 7.63. The van der Waals surface area contributed by atoms with Gasteiger partial charge in [-0.15, -0.1) is 0 Å². The maximum atomic E-state index is 12.6. The van der Waals surface area contributed by atoms with Crippen LogP contribution in [0.4, 0.5) is 0 Å². The smallest absolute Gasteiger partial charge is 0.254 e. The molecule has 1 aromatic rings. The Morgan fingerprint density at radius 1 is 1.30 bits per heavy atom. The van der Waals surface area contributed by atoms with Gasteiger partial charge in [-0.3, -0.25) is 4.79 Å². The van der Waals surface area contributed by atoms with Crippen molar-refractivity contribution in [1.29, 1.82) is 0 Å². The van der Waals surface area contributed by atoms with Crippen LogP contribution >= 0.6 is 11.6 Å². The van der Waals surface area contributed by atoms with E-state index < -0.39 is 0 Å². The molecular formula is C16H25ClN2O. The number of aromatic nitrogens is 1. The monoisotopic (exact) mass is 296 g/mol. The normalized spacial score (nSPS) is 12.6. The van der Waals surface area contributed by atoms with Crippen molar-refractivity contribution < 1.29 is 4.79 Å². The fourth-order valence-electron chi connectivity index (χ4n) is 1.98. The second-order valence-electron chi connectivity index (χ2n) is 5.62. The van der Waals surface area contributed by atoms with Crippen molar-refractivity contribution in [3.63, 3.8) is 0 Å². The van der Waals surface area contributed by atoms with Crippen molar-refractivity contribution in [1.82, 2.24) is 9.88 Å². The number of pyridine rings is 1. The molecule has 0 bridgehead atoms. The van der Waals surface area contributed by atoms with Gasteiger partial charge >= 0.3 is 0 Å². The largest absolute Gasteiger partial charge is 0.339 e. The van der Waals surface area contributed by atoms with Gasteiger partial charge in [-0.05, 0) is 30.9 Å². The van der Waals surface area contributed by atoms with E-state index in [0.29, 0.717) is 23.2 Å². The lowest BCUT2D eigenvalue weighted by molar-refractivity contribution is 0.0740. The number of carbonyl (C=O) groups is 1. The summed E-state index contributed by atoms with van der Waals surface area (Å²) in [5.41, 5.74) is 1.50. The summed E-state index contributed by atoms with van der Waals surface area (Å²) >= 11 is 6.04. The van der Waals surface area contributed by atoms with Crippen LogP contribution in [0.1, 0.15) is 63.0 Å². The van der Waals surface area contributed by atoms with Crippen LogP contribution < -0.4 is 0 Å². The average Bonchev–Trinajstić information content (AvgIpc) is 2.42. The van der Waals surface area contributed by atoms with E-state index in [2.05, 4.69) is 18.8 Å². The van der Waals surface area contributed by atoms with Crippen molar-refractivity contribution >= 4 is 17.5 Å². The topological polar surface area (TPSA) is 33.2 Å². The van der Waals surface area contributed by atoms with Gasteiger partial charge in [0.1, 0.15) is 5.15 Å². The molecule has 0 aliphatic heterocycles. The molecule has 0 aliphatic carbocycles. The minimum atomic E-state index is 0.0407. The van der Waals surface area contributed by atoms with E-state index in [1.54, 1.807) is 6.07 Å². The van der Waals surface area contributed by atoms with Crippen LogP contribution in [0.2, 0.25) is 5.15 Å². The van der Waals surface area contributed by atoms with E-state index in [0.717, 1.165) is 18.7 Å². The van der Waals surface area contributed by atoms with Crippen LogP contribution in [0.25, 0.3) is 0 Å². The number of nitrogens with zero attached hydrogens (tertiary/aromatic N) is 2. The molecule has 1 amide bonds. The first-order valence-corrected chi connectivity index (χ1v) is 7.73. The highest BCUT2D eigenvalue weighted by Gasteiger charge is 2.18. The summed E-state index contributed by atoms with van der Waals surface area (Å²) in [5, 5.41) is 0.388. The fraction of sp³-hybridized carbons (Fsp3) is 0.625. The summed E-state index contributed by atoms with van der Waals surface area (Å²) in [6, 6.07) is 3.52. The lowest BCUT2D eigenvalue weighted by atomic mass is 10.1. The number of hydrogen-bond acceptors (Lipinski definition) is 2. The van der Waals surface area contributed by atoms with E-state index in [1.807, 2.05) is 31.7 Å². The van der Waals surface area contributed by atoms with Gasteiger partial charge in [0.05, 0.1) is 0 Å². The van der Waals surface area contributed by atoms with E-state index in [1.165, 1.54) is 0 Å². The van der Waals surface area contributed by atoms with Crippen molar-refractivity contribution in [2.45, 2.75) is 47.0 Å². The molecule has 112 valence electrons. The van der Waals surface area contributed by atoms with E-state index in [9.17, 15) is 4.79 Å². The summed E-state index contributed by atoms with van der Waals surface area (Å²) in [4.78, 5) is 18.7. The van der Waals surface area contributed by atoms with Crippen molar-refractivity contribution in [3.05, 3.63) is 28.5 Å². The molecule has 0 saturated heterocycles. The first-order valence-electron chi connectivity index (χ1n) is 7.35. The summed E-state index contributed by atoms with van der Waals surface area (Å²) in [6.45, 7) is 11.9. The Bertz CT molecular complexity index is 460. The summed E-state index contributed by atoms with van der Waals surface area (Å²) in [7, 11) is 0. The van der Waals surface area contributed by atoms with Gasteiger partial charge < -0.3 is 4.90 Å². The Hall–Kier alpha value is -1.09. The second-order valence-corrected chi connectivity index (χ2v) is 6.00. The highest BCUT2D eigenvalue weighted by molar-refractivity contribution is 6.29. The van der Waals surface area contributed by atoms with E-state index in [4.69, 9.17) is 11.6 Å². The number of hydrogen-bond donors (Lipinski definition) is 0. The molecule has 0 aliphatic rings. The molecule has 1 atom stereocenters. The maximum absolute atomic E-state index is 12.6. The molecule has 4 heteroatoms. The lowest BCUT2D eigenvalue weighted by Crippen LogP contribution is -2.34. The minimum absolute atomic E-state index is 0.0407. The van der Waals surface area contributed by atoms with Crippen LogP contribution in [-0.4, -0.2) is 28.9 Å². The molecule has 1 aromatic heterocycles. The molecule has 20 heavy (non-hydrogen) atoms. The molecular weight excluding hydrogens is 272 g/mol. The fourth-order valence-corrected chi connectivity index (χ4v) is 2.20. The van der Waals surface area contributed by atoms with Gasteiger partial charge in [0.25, 0.3) is 5.91 Å². The van der Waals surface area contributed by atoms with Crippen LogP contribution in [0.3, 0.4) is 0 Å². The van der Waals surface area contributed by atoms with Crippen LogP contribution in [-0.2, 0) is 0 Å². The SMILES string of the molecule is CCC(C)CN(CC)C(=O)c1cc(Cl)nc(C(C)C)c1. The zero-order valence-electron chi connectivity index (χ0n) is 13.1. The summed E-state index contributed by atoms with van der Waals surface area (Å²) in [5.74, 6) is 0.796. The quantitative estimate of drug-likeness (QED) is 0.731. The molecule has 0 aromatic carbocycles. The standard InChI is InChI=1S/C16H25ClN2O/c1-6-12(5)10-19(7-2)16(20)13-8-14(11(3)4)18-15(17)9-13/h8-9,11-12H,6-7,10H2,1-5H3. The molecule has 0 radical (unpaired) electrons. The Kier molecular flexibility index (Phi) is 6.47. The summed E-state index contributed by atoms with van der Waals surface area (Å²) in [6.07, 6.45) is 1.07. The van der Waals surface area contributed by atoms with Gasteiger partial charge in [-0.1, -0.05) is 45.7 Å². The molecule has 0 spiro atoms. The van der Waals surface area contributed by atoms with Gasteiger partial charge in [-0.2, -0.15) is 0 Å². The molecule has 1 rings (SSSR count). The van der Waals surface area contributed by atoms with Gasteiger partial charge in [-0.25, -0.2) is 4.98 Å². The van der Waals surface area contributed by atoms with E-state index >= 15 is 0 Å². The molecule has 3 nitrogen and oxygen atoms in total. The average molecular weight is 297 g/mol. The Morgan fingerprint density at radius 2 is 1.95 bits per heavy atom. The minimum Gasteiger partial charge on any atom is -0.339 e. The summed E-state index contributed by atoms with van der Waals surface area (Å²) < 4.78 is 0. The van der Waals surface area contributed by atoms with Crippen molar-refractivity contribution in [2.75, 3.05) is 13.1 Å². The third kappa shape index (κ3) is 4.48. The molecule has 1 unspecified atom stereocenters. The molecule has 0 fully saturated rings. The molecule has 0 saturated carbocycles. The molecule has 0 N–H and O–H groups in total. The number of rotatable bonds is 6. The Morgan fingerprint density at radius 3 is 2.45 bits per heavy atom. The van der Waals surface area contributed by atoms with Crippen LogP contribution in [0.5, 0.6) is 0 Å². The first kappa shape index (κ1) is 17.0. The third-order valence-corrected chi connectivity index (χ3v) is 3.74. The predicted molar refractivity (Wildman–Crippen MR) is 84.4 cm³/mol. The van der Waals surface area contributed by atoms with Crippen LogP contribution in [0, 0.1) is 5.92 Å². The maximum Gasteiger partial charge on any atom is 0.254 e. The predicted octanol–water partition coefficient (Wildman–Crippen LogP) is 4.37. The zero-order valence-corrected chi connectivity index (χ0v) is 13.9. The highest BCUT2D eigenvalue weighted by atomic mass is 35.5. The lowest BCUT2D eigenvalue weighted by Gasteiger charge is -2.24. The number of amides is 1. The highest BCUT2D eigenvalue weighted by Crippen LogP contribution is 2.19. The van der Waals surface area contributed by atoms with Gasteiger partial charge in [0.15, 0.2) is 0 Å². The van der Waals surface area contributed by atoms with Crippen LogP contribution in [0.15, 0.2) is 12.1 Å². The van der Waals surface area contributed by atoms with E-state index in [-0.39, 0.29) is 11.8 Å².